The van der Waals surface area contributed by atoms with Gasteiger partial charge < -0.3 is 28.8 Å². The SMILES string of the molecule is OC1OCC(Cc2ccc3c(c2)OCO3)[C@@H]1Cc1ccc2c(c1)OCO2. The number of aliphatic hydroxyl groups excluding tert-OH is 1. The summed E-state index contributed by atoms with van der Waals surface area (Å²) in [5.41, 5.74) is 2.27. The van der Waals surface area contributed by atoms with Gasteiger partial charge in [-0.2, -0.15) is 0 Å². The molecule has 0 aromatic heterocycles. The lowest BCUT2D eigenvalue weighted by molar-refractivity contribution is -0.0820. The van der Waals surface area contributed by atoms with E-state index in [4.69, 9.17) is 23.7 Å². The Morgan fingerprint density at radius 1 is 0.769 bits per heavy atom. The molecule has 0 radical (unpaired) electrons. The van der Waals surface area contributed by atoms with E-state index in [1.165, 1.54) is 0 Å². The van der Waals surface area contributed by atoms with Crippen molar-refractivity contribution >= 4 is 0 Å². The molecule has 3 heterocycles. The molecule has 3 atom stereocenters. The molecule has 0 amide bonds. The largest absolute Gasteiger partial charge is 0.454 e. The third-order valence-electron chi connectivity index (χ3n) is 5.30. The predicted octanol–water partition coefficient (Wildman–Crippen LogP) is 2.51. The minimum absolute atomic E-state index is 0.0285. The van der Waals surface area contributed by atoms with Gasteiger partial charge in [0.25, 0.3) is 0 Å². The molecule has 3 aliphatic rings. The number of benzene rings is 2. The maximum Gasteiger partial charge on any atom is 0.231 e. The van der Waals surface area contributed by atoms with Crippen molar-refractivity contribution in [3.8, 4) is 23.0 Å². The van der Waals surface area contributed by atoms with Crippen LogP contribution < -0.4 is 18.9 Å². The monoisotopic (exact) mass is 356 g/mol. The lowest BCUT2D eigenvalue weighted by Gasteiger charge is -2.20. The van der Waals surface area contributed by atoms with Crippen molar-refractivity contribution in [1.82, 2.24) is 0 Å². The quantitative estimate of drug-likeness (QED) is 0.908. The molecule has 0 spiro atoms. The van der Waals surface area contributed by atoms with Crippen LogP contribution in [0, 0.1) is 11.8 Å². The van der Waals surface area contributed by atoms with Gasteiger partial charge in [0.15, 0.2) is 29.3 Å². The molecule has 6 heteroatoms. The maximum absolute atomic E-state index is 10.3. The van der Waals surface area contributed by atoms with Gasteiger partial charge in [0.2, 0.25) is 13.6 Å². The van der Waals surface area contributed by atoms with Crippen LogP contribution in [0.1, 0.15) is 11.1 Å². The van der Waals surface area contributed by atoms with Crippen LogP contribution in [0.15, 0.2) is 36.4 Å². The van der Waals surface area contributed by atoms with Crippen LogP contribution in [0.5, 0.6) is 23.0 Å². The zero-order chi connectivity index (χ0) is 17.5. The summed E-state index contributed by atoms with van der Waals surface area (Å²) in [5.74, 6) is 3.37. The Bertz CT molecular complexity index is 820. The van der Waals surface area contributed by atoms with Crippen LogP contribution in [0.3, 0.4) is 0 Å². The van der Waals surface area contributed by atoms with Crippen molar-refractivity contribution in [3.63, 3.8) is 0 Å². The molecule has 1 fully saturated rings. The summed E-state index contributed by atoms with van der Waals surface area (Å²) >= 11 is 0. The zero-order valence-electron chi connectivity index (χ0n) is 14.2. The summed E-state index contributed by atoms with van der Waals surface area (Å²) in [6, 6.07) is 11.9. The van der Waals surface area contributed by atoms with E-state index < -0.39 is 6.29 Å². The highest BCUT2D eigenvalue weighted by molar-refractivity contribution is 5.45. The van der Waals surface area contributed by atoms with Gasteiger partial charge in [0.05, 0.1) is 6.61 Å². The Hall–Kier alpha value is -2.44. The van der Waals surface area contributed by atoms with Crippen LogP contribution in [0.4, 0.5) is 0 Å². The highest BCUT2D eigenvalue weighted by atomic mass is 16.7. The summed E-state index contributed by atoms with van der Waals surface area (Å²) in [6.45, 7) is 1.09. The fraction of sp³-hybridized carbons (Fsp3) is 0.400. The van der Waals surface area contributed by atoms with E-state index >= 15 is 0 Å². The maximum atomic E-state index is 10.3. The molecule has 2 aromatic rings. The number of fused-ring (bicyclic) bond motifs is 2. The van der Waals surface area contributed by atoms with Crippen molar-refractivity contribution < 1.29 is 28.8 Å². The molecule has 0 aliphatic carbocycles. The molecule has 6 nitrogen and oxygen atoms in total. The van der Waals surface area contributed by atoms with Gasteiger partial charge in [0.1, 0.15) is 0 Å². The summed E-state index contributed by atoms with van der Waals surface area (Å²) in [6.07, 6.45) is 0.801. The normalized spacial score (nSPS) is 25.7. The number of aliphatic hydroxyl groups is 1. The van der Waals surface area contributed by atoms with E-state index in [2.05, 4.69) is 6.07 Å². The van der Waals surface area contributed by atoms with E-state index in [1.807, 2.05) is 30.3 Å². The summed E-state index contributed by atoms with van der Waals surface area (Å²) in [5, 5.41) is 10.3. The minimum Gasteiger partial charge on any atom is -0.454 e. The first-order valence-corrected chi connectivity index (χ1v) is 8.83. The first kappa shape index (κ1) is 15.8. The Labute approximate surface area is 151 Å². The zero-order valence-corrected chi connectivity index (χ0v) is 14.2. The van der Waals surface area contributed by atoms with Gasteiger partial charge in [0, 0.05) is 5.92 Å². The molecule has 0 saturated carbocycles. The molecule has 0 bridgehead atoms. The standard InChI is InChI=1S/C20H20O6/c21-20-15(6-13-2-4-17-19(8-13)26-11-24-17)14(9-22-20)5-12-1-3-16-18(7-12)25-10-23-16/h1-4,7-8,14-15,20-21H,5-6,9-11H2/t14?,15-,20?/m0/s1. The fourth-order valence-corrected chi connectivity index (χ4v) is 3.89. The van der Waals surface area contributed by atoms with Crippen LogP contribution in [0.25, 0.3) is 0 Å². The molecular formula is C20H20O6. The van der Waals surface area contributed by atoms with Gasteiger partial charge in [-0.15, -0.1) is 0 Å². The number of ether oxygens (including phenoxy) is 5. The third-order valence-corrected chi connectivity index (χ3v) is 5.30. The average Bonchev–Trinajstić information content (AvgIpc) is 3.37. The van der Waals surface area contributed by atoms with E-state index in [0.29, 0.717) is 6.61 Å². The summed E-state index contributed by atoms with van der Waals surface area (Å²) in [4.78, 5) is 0. The summed E-state index contributed by atoms with van der Waals surface area (Å²) < 4.78 is 27.2. The lowest BCUT2D eigenvalue weighted by Crippen LogP contribution is -2.24. The molecule has 136 valence electrons. The van der Waals surface area contributed by atoms with Crippen molar-refractivity contribution in [2.45, 2.75) is 19.1 Å². The van der Waals surface area contributed by atoms with Gasteiger partial charge in [-0.1, -0.05) is 12.1 Å². The lowest BCUT2D eigenvalue weighted by atomic mass is 9.84. The summed E-state index contributed by atoms with van der Waals surface area (Å²) in [7, 11) is 0. The molecule has 26 heavy (non-hydrogen) atoms. The average molecular weight is 356 g/mol. The van der Waals surface area contributed by atoms with Crippen LogP contribution in [-0.4, -0.2) is 31.6 Å². The topological polar surface area (TPSA) is 66.4 Å². The Morgan fingerprint density at radius 3 is 2.00 bits per heavy atom. The number of rotatable bonds is 4. The molecular weight excluding hydrogens is 336 g/mol. The first-order chi connectivity index (χ1) is 12.8. The molecule has 3 aliphatic heterocycles. The van der Waals surface area contributed by atoms with Crippen LogP contribution in [0.2, 0.25) is 0 Å². The van der Waals surface area contributed by atoms with Crippen molar-refractivity contribution in [3.05, 3.63) is 47.5 Å². The van der Waals surface area contributed by atoms with E-state index in [9.17, 15) is 5.11 Å². The smallest absolute Gasteiger partial charge is 0.231 e. The molecule has 5 rings (SSSR count). The molecule has 2 unspecified atom stereocenters. The first-order valence-electron chi connectivity index (χ1n) is 8.83. The number of hydrogen-bond acceptors (Lipinski definition) is 6. The predicted molar refractivity (Wildman–Crippen MR) is 91.5 cm³/mol. The second-order valence-corrected chi connectivity index (χ2v) is 6.93. The van der Waals surface area contributed by atoms with E-state index in [1.54, 1.807) is 0 Å². The van der Waals surface area contributed by atoms with Gasteiger partial charge in [-0.05, 0) is 54.2 Å². The Kier molecular flexibility index (Phi) is 3.87. The molecule has 1 N–H and O–H groups in total. The third kappa shape index (κ3) is 2.85. The van der Waals surface area contributed by atoms with Crippen molar-refractivity contribution in [1.29, 1.82) is 0 Å². The van der Waals surface area contributed by atoms with Crippen molar-refractivity contribution in [2.75, 3.05) is 20.2 Å². The van der Waals surface area contributed by atoms with E-state index in [0.717, 1.165) is 47.0 Å². The molecule has 2 aromatic carbocycles. The Morgan fingerprint density at radius 2 is 1.35 bits per heavy atom. The van der Waals surface area contributed by atoms with Crippen LogP contribution >= 0.6 is 0 Å². The number of hydrogen-bond donors (Lipinski definition) is 1. The molecule has 1 saturated heterocycles. The Balaban J connectivity index is 1.32. The minimum atomic E-state index is -0.751. The van der Waals surface area contributed by atoms with Gasteiger partial charge in [-0.3, -0.25) is 0 Å². The second-order valence-electron chi connectivity index (χ2n) is 6.93. The van der Waals surface area contributed by atoms with Gasteiger partial charge in [-0.25, -0.2) is 0 Å². The van der Waals surface area contributed by atoms with Gasteiger partial charge >= 0.3 is 0 Å². The highest BCUT2D eigenvalue weighted by Crippen LogP contribution is 2.38. The van der Waals surface area contributed by atoms with Crippen LogP contribution in [-0.2, 0) is 17.6 Å². The second kappa shape index (κ2) is 6.37. The van der Waals surface area contributed by atoms with Crippen molar-refractivity contribution in [2.24, 2.45) is 11.8 Å². The highest BCUT2D eigenvalue weighted by Gasteiger charge is 2.36. The van der Waals surface area contributed by atoms with E-state index in [-0.39, 0.29) is 25.4 Å². The fourth-order valence-electron chi connectivity index (χ4n) is 3.89.